The summed E-state index contributed by atoms with van der Waals surface area (Å²) in [5.41, 5.74) is 0.423. The van der Waals surface area contributed by atoms with Crippen LogP contribution < -0.4 is 5.32 Å². The highest BCUT2D eigenvalue weighted by molar-refractivity contribution is 7.89. The molecule has 1 heterocycles. The smallest absolute Gasteiger partial charge is 0.243 e. The Hall–Kier alpha value is -1.24. The van der Waals surface area contributed by atoms with Crippen LogP contribution in [-0.4, -0.2) is 44.2 Å². The first kappa shape index (κ1) is 15.2. The molecule has 0 saturated carbocycles. The van der Waals surface area contributed by atoms with Crippen LogP contribution in [0.3, 0.4) is 0 Å². The van der Waals surface area contributed by atoms with Gasteiger partial charge in [0.15, 0.2) is 5.78 Å². The van der Waals surface area contributed by atoms with Crippen molar-refractivity contribution in [2.45, 2.75) is 31.2 Å². The predicted octanol–water partition coefficient (Wildman–Crippen LogP) is 1.26. The number of nitrogens with one attached hydrogen (secondary N) is 1. The second-order valence-electron chi connectivity index (χ2n) is 4.94. The van der Waals surface area contributed by atoms with Crippen molar-refractivity contribution in [1.29, 1.82) is 0 Å². The summed E-state index contributed by atoms with van der Waals surface area (Å²) in [4.78, 5) is 11.6. The van der Waals surface area contributed by atoms with Crippen LogP contribution >= 0.6 is 0 Å². The molecule has 1 fully saturated rings. The Morgan fingerprint density at radius 2 is 2.20 bits per heavy atom. The molecule has 20 heavy (non-hydrogen) atoms. The van der Waals surface area contributed by atoms with Crippen molar-refractivity contribution < 1.29 is 13.2 Å². The Morgan fingerprint density at radius 3 is 2.75 bits per heavy atom. The summed E-state index contributed by atoms with van der Waals surface area (Å²) in [7, 11) is -3.55. The van der Waals surface area contributed by atoms with E-state index in [1.165, 1.54) is 17.3 Å². The Balaban J connectivity index is 2.37. The fraction of sp³-hybridized carbons (Fsp3) is 0.500. The van der Waals surface area contributed by atoms with Crippen LogP contribution in [0.15, 0.2) is 29.2 Å². The molecule has 1 aromatic carbocycles. The van der Waals surface area contributed by atoms with Crippen LogP contribution in [0.1, 0.15) is 30.6 Å². The largest absolute Gasteiger partial charge is 0.315 e. The predicted molar refractivity (Wildman–Crippen MR) is 77.3 cm³/mol. The van der Waals surface area contributed by atoms with Gasteiger partial charge >= 0.3 is 0 Å². The lowest BCUT2D eigenvalue weighted by Gasteiger charge is -2.26. The summed E-state index contributed by atoms with van der Waals surface area (Å²) in [5, 5.41) is 3.18. The van der Waals surface area contributed by atoms with Gasteiger partial charge in [-0.25, -0.2) is 8.42 Å². The van der Waals surface area contributed by atoms with Gasteiger partial charge in [0.2, 0.25) is 10.0 Å². The second-order valence-corrected chi connectivity index (χ2v) is 6.83. The molecule has 1 aromatic rings. The van der Waals surface area contributed by atoms with Crippen molar-refractivity contribution in [3.05, 3.63) is 29.8 Å². The number of benzene rings is 1. The van der Waals surface area contributed by atoms with E-state index in [2.05, 4.69) is 5.32 Å². The summed E-state index contributed by atoms with van der Waals surface area (Å²) in [6.07, 6.45) is 0.819. The molecule has 1 atom stereocenters. The number of rotatable bonds is 5. The van der Waals surface area contributed by atoms with E-state index in [9.17, 15) is 13.2 Å². The number of carbonyl (C=O) groups is 1. The standard InChI is InChI=1S/C14H20N2O3S/c1-3-16(13-7-8-15-10-13)20(18,19)14-6-4-5-12(9-14)11(2)17/h4-6,9,13,15H,3,7-8,10H2,1-2H3. The van der Waals surface area contributed by atoms with Gasteiger partial charge in [-0.3, -0.25) is 4.79 Å². The van der Waals surface area contributed by atoms with E-state index in [-0.39, 0.29) is 16.7 Å². The number of Topliss-reactive ketones (excluding diaryl/α,β-unsaturated/α-hetero) is 1. The van der Waals surface area contributed by atoms with Crippen LogP contribution in [0, 0.1) is 0 Å². The number of carbonyl (C=O) groups excluding carboxylic acids is 1. The van der Waals surface area contributed by atoms with E-state index in [0.29, 0.717) is 18.7 Å². The van der Waals surface area contributed by atoms with Gasteiger partial charge in [0.05, 0.1) is 4.90 Å². The Kier molecular flexibility index (Phi) is 4.57. The highest BCUT2D eigenvalue weighted by atomic mass is 32.2. The van der Waals surface area contributed by atoms with E-state index >= 15 is 0 Å². The zero-order valence-corrected chi connectivity index (χ0v) is 12.6. The molecule has 0 radical (unpaired) electrons. The average Bonchev–Trinajstić information content (AvgIpc) is 2.93. The second kappa shape index (κ2) is 6.03. The van der Waals surface area contributed by atoms with Gasteiger partial charge in [0.1, 0.15) is 0 Å². The average molecular weight is 296 g/mol. The number of ketones is 1. The summed E-state index contributed by atoms with van der Waals surface area (Å²) in [5.74, 6) is -0.132. The lowest BCUT2D eigenvalue weighted by atomic mass is 10.2. The van der Waals surface area contributed by atoms with Gasteiger partial charge in [-0.05, 0) is 32.0 Å². The Morgan fingerprint density at radius 1 is 1.45 bits per heavy atom. The highest BCUT2D eigenvalue weighted by Crippen LogP contribution is 2.21. The monoisotopic (exact) mass is 296 g/mol. The Labute approximate surface area is 120 Å². The fourth-order valence-electron chi connectivity index (χ4n) is 2.52. The molecule has 0 amide bonds. The summed E-state index contributed by atoms with van der Waals surface area (Å²) >= 11 is 0. The van der Waals surface area contributed by atoms with E-state index in [1.54, 1.807) is 18.2 Å². The lowest BCUT2D eigenvalue weighted by Crippen LogP contribution is -2.41. The van der Waals surface area contributed by atoms with Gasteiger partial charge < -0.3 is 5.32 Å². The van der Waals surface area contributed by atoms with E-state index in [0.717, 1.165) is 13.0 Å². The molecular weight excluding hydrogens is 276 g/mol. The van der Waals surface area contributed by atoms with Gasteiger partial charge in [0, 0.05) is 24.7 Å². The quantitative estimate of drug-likeness (QED) is 0.831. The summed E-state index contributed by atoms with van der Waals surface area (Å²) in [6, 6.07) is 6.25. The normalized spacial score (nSPS) is 19.4. The first-order valence-electron chi connectivity index (χ1n) is 6.80. The molecule has 2 rings (SSSR count). The molecule has 1 saturated heterocycles. The number of hydrogen-bond donors (Lipinski definition) is 1. The minimum absolute atomic E-state index is 0.00835. The van der Waals surface area contributed by atoms with Crippen molar-refractivity contribution in [1.82, 2.24) is 9.62 Å². The molecule has 1 aliphatic rings. The minimum Gasteiger partial charge on any atom is -0.315 e. The van der Waals surface area contributed by atoms with Crippen LogP contribution in [0.2, 0.25) is 0 Å². The van der Waals surface area contributed by atoms with Crippen molar-refractivity contribution >= 4 is 15.8 Å². The third-order valence-electron chi connectivity index (χ3n) is 3.60. The van der Waals surface area contributed by atoms with Crippen molar-refractivity contribution in [3.8, 4) is 0 Å². The SMILES string of the molecule is CCN(C1CCNC1)S(=O)(=O)c1cccc(C(C)=O)c1. The topological polar surface area (TPSA) is 66.5 Å². The lowest BCUT2D eigenvalue weighted by molar-refractivity contribution is 0.101. The fourth-order valence-corrected chi connectivity index (χ4v) is 4.23. The third-order valence-corrected chi connectivity index (χ3v) is 5.62. The van der Waals surface area contributed by atoms with Crippen LogP contribution in [0.25, 0.3) is 0 Å². The Bertz CT molecular complexity index is 592. The van der Waals surface area contributed by atoms with Crippen molar-refractivity contribution in [2.24, 2.45) is 0 Å². The molecule has 5 nitrogen and oxygen atoms in total. The molecule has 0 bridgehead atoms. The van der Waals surface area contributed by atoms with E-state index in [4.69, 9.17) is 0 Å². The zero-order chi connectivity index (χ0) is 14.8. The number of sulfonamides is 1. The maximum absolute atomic E-state index is 12.7. The van der Waals surface area contributed by atoms with E-state index < -0.39 is 10.0 Å². The molecule has 6 heteroatoms. The first-order valence-corrected chi connectivity index (χ1v) is 8.24. The maximum atomic E-state index is 12.7. The molecule has 1 N–H and O–H groups in total. The number of nitrogens with zero attached hydrogens (tertiary/aromatic N) is 1. The molecule has 0 spiro atoms. The molecule has 1 aliphatic heterocycles. The number of likely N-dealkylation sites (N-methyl/N-ethyl adjacent to an activating group) is 1. The first-order chi connectivity index (χ1) is 9.46. The molecule has 0 aromatic heterocycles. The van der Waals surface area contributed by atoms with Gasteiger partial charge in [-0.2, -0.15) is 4.31 Å². The van der Waals surface area contributed by atoms with Gasteiger partial charge in [-0.15, -0.1) is 0 Å². The van der Waals surface area contributed by atoms with Crippen LogP contribution in [0.5, 0.6) is 0 Å². The van der Waals surface area contributed by atoms with Crippen LogP contribution in [0.4, 0.5) is 0 Å². The number of hydrogen-bond acceptors (Lipinski definition) is 4. The minimum atomic E-state index is -3.55. The van der Waals surface area contributed by atoms with Gasteiger partial charge in [-0.1, -0.05) is 19.1 Å². The maximum Gasteiger partial charge on any atom is 0.243 e. The molecule has 1 unspecified atom stereocenters. The highest BCUT2D eigenvalue weighted by Gasteiger charge is 2.32. The van der Waals surface area contributed by atoms with Crippen molar-refractivity contribution in [3.63, 3.8) is 0 Å². The molecular formula is C14H20N2O3S. The molecule has 0 aliphatic carbocycles. The van der Waals surface area contributed by atoms with E-state index in [1.807, 2.05) is 6.92 Å². The third kappa shape index (κ3) is 2.92. The summed E-state index contributed by atoms with van der Waals surface area (Å²) in [6.45, 7) is 5.22. The zero-order valence-electron chi connectivity index (χ0n) is 11.8. The van der Waals surface area contributed by atoms with Crippen LogP contribution in [-0.2, 0) is 10.0 Å². The summed E-state index contributed by atoms with van der Waals surface area (Å²) < 4.78 is 26.9. The molecule has 110 valence electrons. The van der Waals surface area contributed by atoms with Crippen molar-refractivity contribution in [2.75, 3.05) is 19.6 Å². The van der Waals surface area contributed by atoms with Gasteiger partial charge in [0.25, 0.3) is 0 Å².